The maximum absolute atomic E-state index is 11.0. The fourth-order valence-corrected chi connectivity index (χ4v) is 1.48. The normalized spacial score (nSPS) is 11.0. The molecule has 0 aliphatic heterocycles. The lowest BCUT2D eigenvalue weighted by molar-refractivity contribution is -0.385. The zero-order valence-electron chi connectivity index (χ0n) is 12.0. The number of benzene rings is 1. The first kappa shape index (κ1) is 16.7. The second-order valence-electron chi connectivity index (χ2n) is 5.02. The van der Waals surface area contributed by atoms with Crippen LogP contribution in [0.5, 0.6) is 11.5 Å². The van der Waals surface area contributed by atoms with Gasteiger partial charge < -0.3 is 19.7 Å². The van der Waals surface area contributed by atoms with Crippen molar-refractivity contribution in [3.63, 3.8) is 0 Å². The highest BCUT2D eigenvalue weighted by Gasteiger charge is 2.29. The van der Waals surface area contributed by atoms with E-state index in [4.69, 9.17) is 19.7 Å². The van der Waals surface area contributed by atoms with E-state index >= 15 is 0 Å². The van der Waals surface area contributed by atoms with Crippen molar-refractivity contribution >= 4 is 11.7 Å². The van der Waals surface area contributed by atoms with Crippen molar-refractivity contribution in [1.29, 1.82) is 0 Å². The molecule has 0 spiro atoms. The van der Waals surface area contributed by atoms with Crippen molar-refractivity contribution in [3.05, 3.63) is 27.8 Å². The molecular weight excluding hydrogens is 282 g/mol. The summed E-state index contributed by atoms with van der Waals surface area (Å²) in [5.41, 5.74) is -1.39. The largest absolute Gasteiger partial charge is 0.493 e. The fraction of sp³-hybridized carbons (Fsp3) is 0.462. The SMILES string of the molecule is COc1cc(CO)c([N+](=O)[O-])cc1OCC(C)(C)C(=O)O. The Bertz CT molecular complexity index is 554. The highest BCUT2D eigenvalue weighted by Crippen LogP contribution is 2.35. The topological polar surface area (TPSA) is 119 Å². The van der Waals surface area contributed by atoms with E-state index in [-0.39, 0.29) is 29.4 Å². The molecule has 0 saturated carbocycles. The number of hydrogen-bond acceptors (Lipinski definition) is 6. The van der Waals surface area contributed by atoms with Gasteiger partial charge in [-0.25, -0.2) is 0 Å². The minimum Gasteiger partial charge on any atom is -0.493 e. The number of carbonyl (C=O) groups is 1. The first-order valence-corrected chi connectivity index (χ1v) is 6.05. The summed E-state index contributed by atoms with van der Waals surface area (Å²) in [6.07, 6.45) is 0. The Morgan fingerprint density at radius 1 is 1.38 bits per heavy atom. The van der Waals surface area contributed by atoms with Gasteiger partial charge in [0.15, 0.2) is 11.5 Å². The summed E-state index contributed by atoms with van der Waals surface area (Å²) in [6.45, 7) is 2.23. The lowest BCUT2D eigenvalue weighted by Crippen LogP contribution is -2.30. The van der Waals surface area contributed by atoms with Crippen LogP contribution in [0.3, 0.4) is 0 Å². The van der Waals surface area contributed by atoms with Crippen LogP contribution in [0.2, 0.25) is 0 Å². The minimum atomic E-state index is -1.16. The monoisotopic (exact) mass is 299 g/mol. The lowest BCUT2D eigenvalue weighted by Gasteiger charge is -2.20. The molecule has 116 valence electrons. The number of nitro benzene ring substituents is 1. The van der Waals surface area contributed by atoms with Crippen LogP contribution in [0.4, 0.5) is 5.69 Å². The quantitative estimate of drug-likeness (QED) is 0.579. The third-order valence-corrected chi connectivity index (χ3v) is 2.90. The van der Waals surface area contributed by atoms with Gasteiger partial charge in [-0.15, -0.1) is 0 Å². The van der Waals surface area contributed by atoms with E-state index in [1.54, 1.807) is 0 Å². The average molecular weight is 299 g/mol. The van der Waals surface area contributed by atoms with Crippen LogP contribution in [-0.2, 0) is 11.4 Å². The number of nitro groups is 1. The highest BCUT2D eigenvalue weighted by molar-refractivity contribution is 5.73. The number of aliphatic hydroxyl groups is 1. The number of carboxylic acid groups (broad SMARTS) is 1. The fourth-order valence-electron chi connectivity index (χ4n) is 1.48. The molecule has 1 aromatic carbocycles. The van der Waals surface area contributed by atoms with Gasteiger partial charge in [-0.1, -0.05) is 0 Å². The van der Waals surface area contributed by atoms with E-state index < -0.39 is 22.9 Å². The molecule has 0 radical (unpaired) electrons. The smallest absolute Gasteiger partial charge is 0.312 e. The van der Waals surface area contributed by atoms with Crippen LogP contribution in [-0.4, -0.2) is 34.8 Å². The Balaban J connectivity index is 3.14. The van der Waals surface area contributed by atoms with Gasteiger partial charge in [-0.2, -0.15) is 0 Å². The van der Waals surface area contributed by atoms with E-state index in [1.807, 2.05) is 0 Å². The average Bonchev–Trinajstić information content (AvgIpc) is 2.43. The van der Waals surface area contributed by atoms with Crippen LogP contribution >= 0.6 is 0 Å². The Labute approximate surface area is 121 Å². The van der Waals surface area contributed by atoms with E-state index in [1.165, 1.54) is 27.0 Å². The third-order valence-electron chi connectivity index (χ3n) is 2.90. The molecule has 0 fully saturated rings. The predicted molar refractivity (Wildman–Crippen MR) is 72.5 cm³/mol. The first-order chi connectivity index (χ1) is 9.72. The van der Waals surface area contributed by atoms with E-state index in [0.29, 0.717) is 0 Å². The van der Waals surface area contributed by atoms with Crippen LogP contribution in [0, 0.1) is 15.5 Å². The molecule has 0 aromatic heterocycles. The Hall–Kier alpha value is -2.35. The van der Waals surface area contributed by atoms with Gasteiger partial charge in [0, 0.05) is 0 Å². The molecule has 0 heterocycles. The zero-order chi connectivity index (χ0) is 16.2. The molecule has 0 atom stereocenters. The highest BCUT2D eigenvalue weighted by atomic mass is 16.6. The Morgan fingerprint density at radius 3 is 2.43 bits per heavy atom. The molecule has 1 aromatic rings. The second-order valence-corrected chi connectivity index (χ2v) is 5.02. The summed E-state index contributed by atoms with van der Waals surface area (Å²) in [4.78, 5) is 21.3. The minimum absolute atomic E-state index is 0.0516. The maximum Gasteiger partial charge on any atom is 0.312 e. The Kier molecular flexibility index (Phi) is 5.09. The van der Waals surface area contributed by atoms with Crippen molar-refractivity contribution in [1.82, 2.24) is 0 Å². The molecule has 0 aliphatic carbocycles. The molecule has 0 saturated heterocycles. The number of hydrogen-bond donors (Lipinski definition) is 2. The first-order valence-electron chi connectivity index (χ1n) is 6.05. The molecule has 0 bridgehead atoms. The molecule has 1 rings (SSSR count). The molecule has 21 heavy (non-hydrogen) atoms. The standard InChI is InChI=1S/C13H17NO7/c1-13(2,12(16)17)7-21-11-5-9(14(18)19)8(6-15)4-10(11)20-3/h4-5,15H,6-7H2,1-3H3,(H,16,17). The van der Waals surface area contributed by atoms with Crippen molar-refractivity contribution < 1.29 is 29.4 Å². The summed E-state index contributed by atoms with van der Waals surface area (Å²) in [5.74, 6) is -0.815. The Morgan fingerprint density at radius 2 is 2.00 bits per heavy atom. The van der Waals surface area contributed by atoms with Crippen LogP contribution in [0.1, 0.15) is 19.4 Å². The van der Waals surface area contributed by atoms with E-state index in [9.17, 15) is 14.9 Å². The van der Waals surface area contributed by atoms with Gasteiger partial charge in [0.05, 0.1) is 35.7 Å². The van der Waals surface area contributed by atoms with Crippen molar-refractivity contribution in [2.75, 3.05) is 13.7 Å². The molecule has 0 amide bonds. The van der Waals surface area contributed by atoms with Gasteiger partial charge in [-0.05, 0) is 19.9 Å². The molecule has 8 heteroatoms. The predicted octanol–water partition coefficient (Wildman–Crippen LogP) is 1.59. The maximum atomic E-state index is 11.0. The van der Waals surface area contributed by atoms with Gasteiger partial charge in [0.2, 0.25) is 0 Å². The van der Waals surface area contributed by atoms with Gasteiger partial charge in [0.25, 0.3) is 5.69 Å². The number of ether oxygens (including phenoxy) is 2. The van der Waals surface area contributed by atoms with Gasteiger partial charge >= 0.3 is 5.97 Å². The molecule has 0 unspecified atom stereocenters. The number of carboxylic acids is 1. The van der Waals surface area contributed by atoms with Crippen molar-refractivity contribution in [2.45, 2.75) is 20.5 Å². The molecule has 0 aliphatic rings. The number of nitrogens with zero attached hydrogens (tertiary/aromatic N) is 1. The second kappa shape index (κ2) is 6.40. The van der Waals surface area contributed by atoms with Crippen LogP contribution in [0.15, 0.2) is 12.1 Å². The van der Waals surface area contributed by atoms with Crippen LogP contribution in [0.25, 0.3) is 0 Å². The summed E-state index contributed by atoms with van der Waals surface area (Å²) >= 11 is 0. The van der Waals surface area contributed by atoms with Gasteiger partial charge in [0.1, 0.15) is 6.61 Å². The summed E-state index contributed by atoms with van der Waals surface area (Å²) in [7, 11) is 1.34. The van der Waals surface area contributed by atoms with E-state index in [0.717, 1.165) is 6.07 Å². The number of aliphatic carboxylic acids is 1. The van der Waals surface area contributed by atoms with Crippen LogP contribution < -0.4 is 9.47 Å². The number of aliphatic hydroxyl groups excluding tert-OH is 1. The molecule has 8 nitrogen and oxygen atoms in total. The summed E-state index contributed by atoms with van der Waals surface area (Å²) in [6, 6.07) is 2.41. The van der Waals surface area contributed by atoms with Gasteiger partial charge in [-0.3, -0.25) is 14.9 Å². The van der Waals surface area contributed by atoms with Crippen molar-refractivity contribution in [2.24, 2.45) is 5.41 Å². The summed E-state index contributed by atoms with van der Waals surface area (Å²) in [5, 5.41) is 29.1. The lowest BCUT2D eigenvalue weighted by atomic mass is 9.95. The number of rotatable bonds is 7. The van der Waals surface area contributed by atoms with Crippen molar-refractivity contribution in [3.8, 4) is 11.5 Å². The molecule has 2 N–H and O–H groups in total. The number of methoxy groups -OCH3 is 1. The zero-order valence-corrected chi connectivity index (χ0v) is 12.0. The third kappa shape index (κ3) is 3.82. The molecular formula is C13H17NO7. The van der Waals surface area contributed by atoms with E-state index in [2.05, 4.69) is 0 Å². The summed E-state index contributed by atoms with van der Waals surface area (Å²) < 4.78 is 10.4.